The number of aromatic nitrogens is 1. The molecule has 1 saturated carbocycles. The maximum atomic E-state index is 14.3. The molecule has 2 fully saturated rings. The number of hydrogen-bond acceptors (Lipinski definition) is 4. The Labute approximate surface area is 235 Å². The molecule has 10 heteroatoms. The van der Waals surface area contributed by atoms with Gasteiger partial charge in [0.15, 0.2) is 9.84 Å². The van der Waals surface area contributed by atoms with Crippen LogP contribution in [0.3, 0.4) is 0 Å². The molecule has 1 aromatic heterocycles. The third-order valence-corrected chi connectivity index (χ3v) is 10.2. The third-order valence-electron chi connectivity index (χ3n) is 7.90. The highest BCUT2D eigenvalue weighted by molar-refractivity contribution is 7.91. The van der Waals surface area contributed by atoms with Crippen molar-refractivity contribution in [2.24, 2.45) is 11.3 Å². The molecule has 222 valence electrons. The van der Waals surface area contributed by atoms with E-state index in [0.29, 0.717) is 44.0 Å². The van der Waals surface area contributed by atoms with Gasteiger partial charge in [-0.25, -0.2) is 8.42 Å². The molecule has 0 unspecified atom stereocenters. The summed E-state index contributed by atoms with van der Waals surface area (Å²) in [6, 6.07) is 3.39. The van der Waals surface area contributed by atoms with Gasteiger partial charge in [-0.05, 0) is 61.3 Å². The number of carbonyl (C=O) groups excluding carboxylic acids is 1. The predicted molar refractivity (Wildman–Crippen MR) is 149 cm³/mol. The van der Waals surface area contributed by atoms with E-state index in [1.807, 2.05) is 6.92 Å². The summed E-state index contributed by atoms with van der Waals surface area (Å²) >= 11 is 0. The maximum absolute atomic E-state index is 14.3. The first-order chi connectivity index (χ1) is 18.7. The van der Waals surface area contributed by atoms with E-state index in [1.54, 1.807) is 31.5 Å². The molecule has 0 spiro atoms. The molecular weight excluding hydrogens is 541 g/mol. The zero-order valence-corrected chi connectivity index (χ0v) is 24.7. The fourth-order valence-corrected chi connectivity index (χ4v) is 8.01. The molecule has 0 bridgehead atoms. The lowest BCUT2D eigenvalue weighted by atomic mass is 9.85. The molecule has 1 amide bonds. The molecule has 40 heavy (non-hydrogen) atoms. The summed E-state index contributed by atoms with van der Waals surface area (Å²) in [6.45, 7) is 8.03. The molecule has 6 nitrogen and oxygen atoms in total. The molecule has 2 aromatic rings. The number of alkyl halides is 3. The van der Waals surface area contributed by atoms with Gasteiger partial charge in [-0.1, -0.05) is 52.9 Å². The van der Waals surface area contributed by atoms with Gasteiger partial charge in [-0.2, -0.15) is 13.2 Å². The number of sulfone groups is 1. The van der Waals surface area contributed by atoms with Gasteiger partial charge in [0.05, 0.1) is 21.8 Å². The lowest BCUT2D eigenvalue weighted by molar-refractivity contribution is -0.139. The average Bonchev–Trinajstić information content (AvgIpc) is 3.19. The largest absolute Gasteiger partial charge is 0.417 e. The third kappa shape index (κ3) is 7.29. The van der Waals surface area contributed by atoms with Crippen molar-refractivity contribution in [3.63, 3.8) is 0 Å². The lowest BCUT2D eigenvalue weighted by Crippen LogP contribution is -2.39. The highest BCUT2D eigenvalue weighted by Gasteiger charge is 2.39. The van der Waals surface area contributed by atoms with E-state index in [1.165, 1.54) is 12.5 Å². The van der Waals surface area contributed by atoms with Crippen LogP contribution in [0.4, 0.5) is 13.2 Å². The topological polar surface area (TPSA) is 77.4 Å². The second-order valence-corrected chi connectivity index (χ2v) is 14.5. The van der Waals surface area contributed by atoms with Crippen molar-refractivity contribution in [1.82, 2.24) is 9.88 Å². The zero-order chi connectivity index (χ0) is 29.3. The minimum absolute atomic E-state index is 0.0186. The molecule has 1 aromatic carbocycles. The molecule has 0 atom stereocenters. The second-order valence-electron chi connectivity index (χ2n) is 12.6. The molecule has 1 aliphatic heterocycles. The van der Waals surface area contributed by atoms with Crippen LogP contribution in [0, 0.1) is 18.3 Å². The minimum Gasteiger partial charge on any atom is -0.381 e. The second kappa shape index (κ2) is 11.9. The predicted octanol–water partition coefficient (Wildman–Crippen LogP) is 6.66. The van der Waals surface area contributed by atoms with Gasteiger partial charge in [-0.15, -0.1) is 0 Å². The van der Waals surface area contributed by atoms with Crippen molar-refractivity contribution >= 4 is 15.7 Å². The average molecular weight is 583 g/mol. The van der Waals surface area contributed by atoms with Gasteiger partial charge in [0.25, 0.3) is 5.91 Å². The molecule has 1 saturated heterocycles. The Kier molecular flexibility index (Phi) is 9.10. The summed E-state index contributed by atoms with van der Waals surface area (Å²) in [7, 11) is -4.20. The number of amides is 1. The van der Waals surface area contributed by atoms with Crippen molar-refractivity contribution in [3.05, 3.63) is 46.8 Å². The summed E-state index contributed by atoms with van der Waals surface area (Å²) in [5.41, 5.74) is 0.266. The number of hydrogen-bond donors (Lipinski definition) is 1. The van der Waals surface area contributed by atoms with E-state index in [2.05, 4.69) is 5.32 Å². The SMILES string of the molecule is Cc1c(C(=O)NC2CCOCC2)cn(-c2ccc(S(=O)(=O)CC(C)(C)C)c(C(F)(F)F)c2)c1CC1CCCCC1. The summed E-state index contributed by atoms with van der Waals surface area (Å²) in [4.78, 5) is 12.6. The summed E-state index contributed by atoms with van der Waals surface area (Å²) in [5.74, 6) is -0.288. The van der Waals surface area contributed by atoms with Gasteiger partial charge in [0.1, 0.15) is 0 Å². The van der Waals surface area contributed by atoms with E-state index < -0.39 is 37.6 Å². The number of nitrogens with one attached hydrogen (secondary N) is 1. The number of halogens is 3. The highest BCUT2D eigenvalue weighted by Crippen LogP contribution is 2.38. The van der Waals surface area contributed by atoms with Crippen LogP contribution in [0.15, 0.2) is 29.3 Å². The smallest absolute Gasteiger partial charge is 0.381 e. The van der Waals surface area contributed by atoms with Gasteiger partial charge in [0, 0.05) is 36.8 Å². The van der Waals surface area contributed by atoms with E-state index in [9.17, 15) is 26.4 Å². The van der Waals surface area contributed by atoms with Crippen LogP contribution < -0.4 is 5.32 Å². The van der Waals surface area contributed by atoms with Crippen LogP contribution in [-0.4, -0.2) is 43.9 Å². The van der Waals surface area contributed by atoms with Gasteiger partial charge in [0.2, 0.25) is 0 Å². The number of rotatable bonds is 7. The van der Waals surface area contributed by atoms with Crippen molar-refractivity contribution in [2.45, 2.75) is 96.2 Å². The fourth-order valence-electron chi connectivity index (χ4n) is 5.93. The van der Waals surface area contributed by atoms with Gasteiger partial charge in [-0.3, -0.25) is 4.79 Å². The Morgan fingerprint density at radius 2 is 1.70 bits per heavy atom. The first-order valence-electron chi connectivity index (χ1n) is 14.2. The van der Waals surface area contributed by atoms with E-state index in [-0.39, 0.29) is 17.6 Å². The maximum Gasteiger partial charge on any atom is 0.417 e. The van der Waals surface area contributed by atoms with E-state index in [0.717, 1.165) is 49.1 Å². The van der Waals surface area contributed by atoms with Crippen LogP contribution in [-0.2, 0) is 27.2 Å². The summed E-state index contributed by atoms with van der Waals surface area (Å²) < 4.78 is 76.1. The first kappa shape index (κ1) is 30.6. The summed E-state index contributed by atoms with van der Waals surface area (Å²) in [6.07, 6.45) is 4.26. The number of nitrogens with zero attached hydrogens (tertiary/aromatic N) is 1. The standard InChI is InChI=1S/C30H41F3N2O4S/c1-20-24(28(36)34-22-12-14-39-15-13-22)18-35(26(20)16-21-8-6-5-7-9-21)23-10-11-27(25(17-23)30(31,32)33)40(37,38)19-29(2,3)4/h10-11,17-18,21-22H,5-9,12-16,19H2,1-4H3,(H,34,36). The Morgan fingerprint density at radius 1 is 1.05 bits per heavy atom. The fraction of sp³-hybridized carbons (Fsp3) is 0.633. The van der Waals surface area contributed by atoms with Crippen LogP contribution in [0.25, 0.3) is 5.69 Å². The molecule has 0 radical (unpaired) electrons. The monoisotopic (exact) mass is 582 g/mol. The lowest BCUT2D eigenvalue weighted by Gasteiger charge is -2.24. The van der Waals surface area contributed by atoms with Crippen LogP contribution in [0.2, 0.25) is 0 Å². The molecule has 1 N–H and O–H groups in total. The van der Waals surface area contributed by atoms with Crippen molar-refractivity contribution in [1.29, 1.82) is 0 Å². The Hall–Kier alpha value is -2.33. The number of benzene rings is 1. The zero-order valence-electron chi connectivity index (χ0n) is 23.9. The minimum atomic E-state index is -4.87. The van der Waals surface area contributed by atoms with Crippen molar-refractivity contribution in [3.8, 4) is 5.69 Å². The van der Waals surface area contributed by atoms with Crippen LogP contribution in [0.1, 0.15) is 92.9 Å². The normalized spacial score (nSPS) is 18.2. The van der Waals surface area contributed by atoms with Gasteiger partial charge < -0.3 is 14.6 Å². The quantitative estimate of drug-likeness (QED) is 0.396. The number of carbonyl (C=O) groups is 1. The molecular formula is C30H41F3N2O4S. The molecule has 1 aliphatic carbocycles. The van der Waals surface area contributed by atoms with Crippen LogP contribution in [0.5, 0.6) is 0 Å². The highest BCUT2D eigenvalue weighted by atomic mass is 32.2. The molecule has 2 heterocycles. The van der Waals surface area contributed by atoms with Gasteiger partial charge >= 0.3 is 6.18 Å². The van der Waals surface area contributed by atoms with Crippen molar-refractivity contribution < 1.29 is 31.1 Å². The Balaban J connectivity index is 1.79. The van der Waals surface area contributed by atoms with Crippen molar-refractivity contribution in [2.75, 3.05) is 19.0 Å². The Morgan fingerprint density at radius 3 is 2.30 bits per heavy atom. The van der Waals surface area contributed by atoms with E-state index >= 15 is 0 Å². The first-order valence-corrected chi connectivity index (χ1v) is 15.8. The number of ether oxygens (including phenoxy) is 1. The summed E-state index contributed by atoms with van der Waals surface area (Å²) in [5, 5.41) is 3.07. The Bertz CT molecular complexity index is 1310. The molecule has 4 rings (SSSR count). The van der Waals surface area contributed by atoms with E-state index in [4.69, 9.17) is 4.74 Å². The molecule has 2 aliphatic rings. The van der Waals surface area contributed by atoms with Crippen LogP contribution >= 0.6 is 0 Å².